The topological polar surface area (TPSA) is 69.7 Å². The third-order valence-corrected chi connectivity index (χ3v) is 7.31. The number of carbonyl (C=O) groups is 1. The summed E-state index contributed by atoms with van der Waals surface area (Å²) in [4.78, 5) is 13.1. The number of ether oxygens (including phenoxy) is 2. The summed E-state index contributed by atoms with van der Waals surface area (Å²) in [5, 5.41) is -0.0502. The average Bonchev–Trinajstić information content (AvgIpc) is 2.99. The Labute approximate surface area is 161 Å². The Morgan fingerprint density at radius 2 is 1.85 bits per heavy atom. The monoisotopic (exact) mass is 410 g/mol. The molecule has 0 bridgehead atoms. The molecule has 27 heavy (non-hydrogen) atoms. The van der Waals surface area contributed by atoms with Gasteiger partial charge >= 0.3 is 5.97 Å². The summed E-state index contributed by atoms with van der Waals surface area (Å²) in [6.45, 7) is 0.195. The van der Waals surface area contributed by atoms with Gasteiger partial charge in [0.15, 0.2) is 9.84 Å². The first kappa shape index (κ1) is 19.7. The largest absolute Gasteiger partial charge is 0.490 e. The number of hydrogen-bond donors (Lipinski definition) is 0. The molecular formula is C19H19FO5S2. The molecule has 1 aliphatic heterocycles. The molecule has 0 N–H and O–H groups in total. The van der Waals surface area contributed by atoms with Crippen molar-refractivity contribution in [3.05, 3.63) is 59.9 Å². The van der Waals surface area contributed by atoms with Crippen molar-refractivity contribution >= 4 is 27.6 Å². The zero-order chi connectivity index (χ0) is 19.3. The lowest BCUT2D eigenvalue weighted by atomic mass is 10.2. The van der Waals surface area contributed by atoms with Crippen LogP contribution in [0.5, 0.6) is 5.75 Å². The minimum Gasteiger partial charge on any atom is -0.490 e. The van der Waals surface area contributed by atoms with E-state index in [0.29, 0.717) is 22.6 Å². The third kappa shape index (κ3) is 5.71. The second-order valence-electron chi connectivity index (χ2n) is 6.08. The van der Waals surface area contributed by atoms with Crippen molar-refractivity contribution in [3.8, 4) is 5.75 Å². The average molecular weight is 410 g/mol. The molecule has 144 valence electrons. The van der Waals surface area contributed by atoms with Crippen LogP contribution >= 0.6 is 11.8 Å². The Bertz CT molecular complexity index is 897. The predicted molar refractivity (Wildman–Crippen MR) is 102 cm³/mol. The number of rotatable bonds is 7. The van der Waals surface area contributed by atoms with Gasteiger partial charge in [0.25, 0.3) is 0 Å². The molecule has 1 aliphatic rings. The summed E-state index contributed by atoms with van der Waals surface area (Å²) in [7, 11) is -2.97. The van der Waals surface area contributed by atoms with Gasteiger partial charge in [0.2, 0.25) is 0 Å². The first-order chi connectivity index (χ1) is 12.9. The van der Waals surface area contributed by atoms with E-state index >= 15 is 0 Å². The summed E-state index contributed by atoms with van der Waals surface area (Å²) in [6.07, 6.45) is 0.585. The standard InChI is InChI=1S/C19H19FO5S2/c20-14-5-7-15(8-6-14)24-10-11-25-19(21)17-3-1-2-4-18(17)26-16-9-12-27(22,23)13-16/h1-8,16H,9-13H2/t16-/m0/s1. The van der Waals surface area contributed by atoms with Crippen molar-refractivity contribution < 1.29 is 27.1 Å². The number of carbonyl (C=O) groups excluding carboxylic acids is 1. The molecule has 1 atom stereocenters. The second-order valence-corrected chi connectivity index (χ2v) is 9.65. The summed E-state index contributed by atoms with van der Waals surface area (Å²) >= 11 is 1.40. The van der Waals surface area contributed by atoms with E-state index in [4.69, 9.17) is 9.47 Å². The second kappa shape index (κ2) is 8.75. The molecule has 0 spiro atoms. The van der Waals surface area contributed by atoms with E-state index in [1.807, 2.05) is 0 Å². The molecule has 0 aromatic heterocycles. The van der Waals surface area contributed by atoms with Gasteiger partial charge in [-0.3, -0.25) is 0 Å². The van der Waals surface area contributed by atoms with Crippen molar-refractivity contribution in [2.75, 3.05) is 24.7 Å². The van der Waals surface area contributed by atoms with E-state index in [9.17, 15) is 17.6 Å². The van der Waals surface area contributed by atoms with E-state index in [2.05, 4.69) is 0 Å². The van der Waals surface area contributed by atoms with Crippen LogP contribution < -0.4 is 4.74 Å². The van der Waals surface area contributed by atoms with Crippen LogP contribution in [0.15, 0.2) is 53.4 Å². The van der Waals surface area contributed by atoms with Gasteiger partial charge in [-0.15, -0.1) is 11.8 Å². The fraction of sp³-hybridized carbons (Fsp3) is 0.316. The maximum Gasteiger partial charge on any atom is 0.339 e. The van der Waals surface area contributed by atoms with Gasteiger partial charge in [0.1, 0.15) is 24.8 Å². The number of benzene rings is 2. The lowest BCUT2D eigenvalue weighted by Crippen LogP contribution is -2.14. The molecular weight excluding hydrogens is 391 g/mol. The molecule has 1 saturated heterocycles. The summed E-state index contributed by atoms with van der Waals surface area (Å²) in [6, 6.07) is 12.6. The summed E-state index contributed by atoms with van der Waals surface area (Å²) in [5.41, 5.74) is 0.411. The van der Waals surface area contributed by atoms with Crippen LogP contribution in [0.2, 0.25) is 0 Å². The van der Waals surface area contributed by atoms with Crippen LogP contribution in [0.3, 0.4) is 0 Å². The Hall–Kier alpha value is -2.06. The van der Waals surface area contributed by atoms with Gasteiger partial charge in [-0.25, -0.2) is 17.6 Å². The molecule has 0 saturated carbocycles. The summed E-state index contributed by atoms with van der Waals surface area (Å²) < 4.78 is 46.7. The smallest absolute Gasteiger partial charge is 0.339 e. The maximum absolute atomic E-state index is 12.8. The molecule has 2 aromatic rings. The van der Waals surface area contributed by atoms with E-state index in [1.54, 1.807) is 24.3 Å². The number of thioether (sulfide) groups is 1. The molecule has 5 nitrogen and oxygen atoms in total. The zero-order valence-corrected chi connectivity index (χ0v) is 16.1. The number of esters is 1. The number of sulfone groups is 1. The zero-order valence-electron chi connectivity index (χ0n) is 14.5. The van der Waals surface area contributed by atoms with Crippen molar-refractivity contribution in [2.45, 2.75) is 16.6 Å². The maximum atomic E-state index is 12.8. The SMILES string of the molecule is O=C(OCCOc1ccc(F)cc1)c1ccccc1S[C@H]1CCS(=O)(=O)C1. The van der Waals surface area contributed by atoms with Crippen molar-refractivity contribution in [1.29, 1.82) is 0 Å². The highest BCUT2D eigenvalue weighted by Crippen LogP contribution is 2.33. The van der Waals surface area contributed by atoms with Crippen LogP contribution in [0.1, 0.15) is 16.8 Å². The normalized spacial score (nSPS) is 18.2. The van der Waals surface area contributed by atoms with Gasteiger partial charge < -0.3 is 9.47 Å². The highest BCUT2D eigenvalue weighted by Gasteiger charge is 2.29. The predicted octanol–water partition coefficient (Wildman–Crippen LogP) is 3.34. The van der Waals surface area contributed by atoms with Crippen LogP contribution in [-0.2, 0) is 14.6 Å². The Morgan fingerprint density at radius 1 is 1.11 bits per heavy atom. The van der Waals surface area contributed by atoms with E-state index in [-0.39, 0.29) is 35.8 Å². The van der Waals surface area contributed by atoms with Crippen molar-refractivity contribution in [3.63, 3.8) is 0 Å². The molecule has 0 amide bonds. The fourth-order valence-electron chi connectivity index (χ4n) is 2.67. The molecule has 8 heteroatoms. The first-order valence-electron chi connectivity index (χ1n) is 8.44. The van der Waals surface area contributed by atoms with Gasteiger partial charge in [-0.2, -0.15) is 0 Å². The lowest BCUT2D eigenvalue weighted by Gasteiger charge is -2.12. The lowest BCUT2D eigenvalue weighted by molar-refractivity contribution is 0.0446. The van der Waals surface area contributed by atoms with Gasteiger partial charge in [0, 0.05) is 10.1 Å². The quantitative estimate of drug-likeness (QED) is 0.515. The summed E-state index contributed by atoms with van der Waals surface area (Å²) in [5.74, 6) is -0.0182. The molecule has 1 heterocycles. The Balaban J connectivity index is 1.53. The van der Waals surface area contributed by atoms with E-state index in [1.165, 1.54) is 36.0 Å². The molecule has 3 rings (SSSR count). The molecule has 0 aliphatic carbocycles. The highest BCUT2D eigenvalue weighted by molar-refractivity contribution is 8.02. The van der Waals surface area contributed by atoms with Gasteiger partial charge in [0.05, 0.1) is 17.1 Å². The highest BCUT2D eigenvalue weighted by atomic mass is 32.2. The fourth-order valence-corrected chi connectivity index (χ4v) is 6.29. The Morgan fingerprint density at radius 3 is 2.56 bits per heavy atom. The van der Waals surface area contributed by atoms with Crippen molar-refractivity contribution in [1.82, 2.24) is 0 Å². The first-order valence-corrected chi connectivity index (χ1v) is 11.1. The van der Waals surface area contributed by atoms with Crippen LogP contribution in [0, 0.1) is 5.82 Å². The molecule has 0 unspecified atom stereocenters. The molecule has 0 radical (unpaired) electrons. The number of halogens is 1. The van der Waals surface area contributed by atoms with E-state index in [0.717, 1.165) is 0 Å². The van der Waals surface area contributed by atoms with Gasteiger partial charge in [-0.1, -0.05) is 12.1 Å². The Kier molecular flexibility index (Phi) is 6.38. The minimum absolute atomic E-state index is 0.0486. The molecule has 1 fully saturated rings. The van der Waals surface area contributed by atoms with Crippen LogP contribution in [0.4, 0.5) is 4.39 Å². The van der Waals surface area contributed by atoms with Crippen LogP contribution in [-0.4, -0.2) is 44.4 Å². The van der Waals surface area contributed by atoms with Gasteiger partial charge in [-0.05, 0) is 42.8 Å². The third-order valence-electron chi connectivity index (χ3n) is 3.99. The van der Waals surface area contributed by atoms with Crippen LogP contribution in [0.25, 0.3) is 0 Å². The minimum atomic E-state index is -2.97. The van der Waals surface area contributed by atoms with Crippen molar-refractivity contribution in [2.24, 2.45) is 0 Å². The molecule has 2 aromatic carbocycles. The van der Waals surface area contributed by atoms with E-state index < -0.39 is 15.8 Å². The number of hydrogen-bond acceptors (Lipinski definition) is 6.